The van der Waals surface area contributed by atoms with E-state index >= 15 is 0 Å². The lowest BCUT2D eigenvalue weighted by Crippen LogP contribution is -2.29. The summed E-state index contributed by atoms with van der Waals surface area (Å²) >= 11 is 0. The minimum Gasteiger partial charge on any atom is -0.445 e. The number of rotatable bonds is 2. The van der Waals surface area contributed by atoms with Crippen LogP contribution in [0.1, 0.15) is 18.5 Å². The van der Waals surface area contributed by atoms with Crippen LogP contribution in [0.2, 0.25) is 0 Å². The van der Waals surface area contributed by atoms with Crippen LogP contribution in [0.15, 0.2) is 30.3 Å². The van der Waals surface area contributed by atoms with Gasteiger partial charge in [0.15, 0.2) is 0 Å². The molecule has 0 saturated carbocycles. The number of carbonyl (C=O) groups is 2. The third kappa shape index (κ3) is 1.98. The van der Waals surface area contributed by atoms with Crippen molar-refractivity contribution in [3.8, 4) is 0 Å². The lowest BCUT2D eigenvalue weighted by molar-refractivity contribution is -0.178. The van der Waals surface area contributed by atoms with Gasteiger partial charge in [0.1, 0.15) is 12.6 Å². The maximum absolute atomic E-state index is 11.3. The summed E-state index contributed by atoms with van der Waals surface area (Å²) in [7, 11) is 0. The Kier molecular flexibility index (Phi) is 2.76. The number of hydrogen-bond donors (Lipinski definition) is 0. The number of cyclic esters (lactones) is 1. The summed E-state index contributed by atoms with van der Waals surface area (Å²) in [6.07, 6.45) is -0.635. The van der Waals surface area contributed by atoms with Crippen molar-refractivity contribution in [2.75, 3.05) is 6.61 Å². The first-order chi connectivity index (χ1) is 7.68. The molecule has 1 aliphatic heterocycles. The Morgan fingerprint density at radius 3 is 2.75 bits per heavy atom. The fourth-order valence-corrected chi connectivity index (χ4v) is 1.55. The molecule has 1 amide bonds. The summed E-state index contributed by atoms with van der Waals surface area (Å²) in [6.45, 7) is 1.43. The van der Waals surface area contributed by atoms with Crippen molar-refractivity contribution in [1.29, 1.82) is 0 Å². The van der Waals surface area contributed by atoms with Gasteiger partial charge in [0.2, 0.25) is 0 Å². The van der Waals surface area contributed by atoms with E-state index in [0.29, 0.717) is 0 Å². The Morgan fingerprint density at radius 1 is 1.44 bits per heavy atom. The fraction of sp³-hybridized carbons (Fsp3) is 0.273. The van der Waals surface area contributed by atoms with Gasteiger partial charge in [-0.1, -0.05) is 30.3 Å². The van der Waals surface area contributed by atoms with Crippen molar-refractivity contribution in [1.82, 2.24) is 5.06 Å². The quantitative estimate of drug-likeness (QED) is 0.762. The van der Waals surface area contributed by atoms with E-state index in [0.717, 1.165) is 10.6 Å². The number of hydrogen-bond acceptors (Lipinski definition) is 4. The third-order valence-electron chi connectivity index (χ3n) is 2.24. The van der Waals surface area contributed by atoms with Gasteiger partial charge in [-0.25, -0.2) is 4.79 Å². The largest absolute Gasteiger partial charge is 0.445 e. The molecule has 1 atom stereocenters. The highest BCUT2D eigenvalue weighted by Gasteiger charge is 2.37. The zero-order valence-electron chi connectivity index (χ0n) is 8.75. The second-order valence-electron chi connectivity index (χ2n) is 3.41. The summed E-state index contributed by atoms with van der Waals surface area (Å²) in [5.41, 5.74) is 0.870. The molecule has 0 aromatic heterocycles. The van der Waals surface area contributed by atoms with Crippen molar-refractivity contribution in [2.45, 2.75) is 13.0 Å². The highest BCUT2D eigenvalue weighted by atomic mass is 16.8. The lowest BCUT2D eigenvalue weighted by atomic mass is 10.1. The second kappa shape index (κ2) is 4.22. The summed E-state index contributed by atoms with van der Waals surface area (Å²) in [5, 5.41) is 0.970. The van der Waals surface area contributed by atoms with Crippen molar-refractivity contribution in [2.24, 2.45) is 0 Å². The molecule has 1 aliphatic rings. The van der Waals surface area contributed by atoms with Crippen LogP contribution in [0, 0.1) is 0 Å². The lowest BCUT2D eigenvalue weighted by Gasteiger charge is -2.18. The Hall–Kier alpha value is -2.04. The smallest absolute Gasteiger partial charge is 0.444 e. The number of benzene rings is 1. The number of nitrogens with zero attached hydrogens (tertiary/aromatic N) is 1. The summed E-state index contributed by atoms with van der Waals surface area (Å²) < 4.78 is 4.84. The molecule has 5 heteroatoms. The zero-order valence-corrected chi connectivity index (χ0v) is 8.75. The Morgan fingerprint density at radius 2 is 2.12 bits per heavy atom. The molecule has 0 radical (unpaired) electrons. The summed E-state index contributed by atoms with van der Waals surface area (Å²) in [4.78, 5) is 27.0. The van der Waals surface area contributed by atoms with Crippen molar-refractivity contribution in [3.05, 3.63) is 35.9 Å². The number of carbonyl (C=O) groups excluding carboxylic acids is 2. The van der Waals surface area contributed by atoms with E-state index in [1.165, 1.54) is 6.92 Å². The van der Waals surface area contributed by atoms with Gasteiger partial charge in [0, 0.05) is 6.92 Å². The first kappa shape index (κ1) is 10.5. The van der Waals surface area contributed by atoms with Gasteiger partial charge in [-0.05, 0) is 5.56 Å². The van der Waals surface area contributed by atoms with Gasteiger partial charge >= 0.3 is 12.1 Å². The van der Waals surface area contributed by atoms with E-state index in [4.69, 9.17) is 9.57 Å². The van der Waals surface area contributed by atoms with E-state index in [2.05, 4.69) is 0 Å². The molecule has 1 unspecified atom stereocenters. The third-order valence-corrected chi connectivity index (χ3v) is 2.24. The number of hydroxylamine groups is 2. The normalized spacial score (nSPS) is 19.4. The van der Waals surface area contributed by atoms with Crippen LogP contribution in [0.5, 0.6) is 0 Å². The van der Waals surface area contributed by atoms with Gasteiger partial charge in [-0.3, -0.25) is 4.79 Å². The van der Waals surface area contributed by atoms with E-state index in [-0.39, 0.29) is 12.6 Å². The molecule has 0 spiro atoms. The van der Waals surface area contributed by atoms with Crippen LogP contribution in [0.25, 0.3) is 0 Å². The van der Waals surface area contributed by atoms with Crippen molar-refractivity contribution in [3.63, 3.8) is 0 Å². The van der Waals surface area contributed by atoms with E-state index in [9.17, 15) is 9.59 Å². The molecule has 1 saturated heterocycles. The predicted molar refractivity (Wildman–Crippen MR) is 54.1 cm³/mol. The first-order valence-electron chi connectivity index (χ1n) is 4.88. The number of ether oxygens (including phenoxy) is 1. The van der Waals surface area contributed by atoms with Gasteiger partial charge in [-0.15, -0.1) is 5.06 Å². The zero-order chi connectivity index (χ0) is 11.5. The molecular weight excluding hydrogens is 210 g/mol. The predicted octanol–water partition coefficient (Wildman–Crippen LogP) is 1.66. The molecule has 0 N–H and O–H groups in total. The molecule has 5 nitrogen and oxygen atoms in total. The van der Waals surface area contributed by atoms with Crippen LogP contribution in [-0.2, 0) is 14.4 Å². The fourth-order valence-electron chi connectivity index (χ4n) is 1.55. The highest BCUT2D eigenvalue weighted by Crippen LogP contribution is 2.27. The monoisotopic (exact) mass is 221 g/mol. The van der Waals surface area contributed by atoms with Gasteiger partial charge in [0.25, 0.3) is 0 Å². The Balaban J connectivity index is 2.21. The number of amides is 1. The second-order valence-corrected chi connectivity index (χ2v) is 3.41. The molecule has 2 rings (SSSR count). The molecule has 0 aliphatic carbocycles. The Bertz CT molecular complexity index is 404. The van der Waals surface area contributed by atoms with Gasteiger partial charge in [-0.2, -0.15) is 0 Å². The maximum atomic E-state index is 11.3. The molecule has 16 heavy (non-hydrogen) atoms. The van der Waals surface area contributed by atoms with Crippen LogP contribution in [0.3, 0.4) is 0 Å². The van der Waals surface area contributed by atoms with Crippen LogP contribution < -0.4 is 0 Å². The minimum absolute atomic E-state index is 0.191. The standard InChI is InChI=1S/C11H11NO4/c1-8(13)16-12-10(7-15-11(12)14)9-5-3-2-4-6-9/h2-6,10H,7H2,1H3. The average molecular weight is 221 g/mol. The molecule has 84 valence electrons. The van der Waals surface area contributed by atoms with E-state index < -0.39 is 12.1 Å². The topological polar surface area (TPSA) is 55.8 Å². The van der Waals surface area contributed by atoms with Crippen LogP contribution >= 0.6 is 0 Å². The molecule has 1 aromatic carbocycles. The maximum Gasteiger partial charge on any atom is 0.444 e. The SMILES string of the molecule is CC(=O)ON1C(=O)OCC1c1ccccc1. The molecular formula is C11H11NO4. The minimum atomic E-state index is -0.635. The van der Waals surface area contributed by atoms with Gasteiger partial charge in [0.05, 0.1) is 0 Å². The molecule has 1 heterocycles. The first-order valence-corrected chi connectivity index (χ1v) is 4.88. The van der Waals surface area contributed by atoms with Crippen molar-refractivity contribution < 1.29 is 19.2 Å². The molecule has 1 fully saturated rings. The van der Waals surface area contributed by atoms with E-state index in [1.54, 1.807) is 0 Å². The molecule has 0 bridgehead atoms. The van der Waals surface area contributed by atoms with Crippen LogP contribution in [-0.4, -0.2) is 23.7 Å². The Labute approximate surface area is 92.5 Å². The van der Waals surface area contributed by atoms with Gasteiger partial charge < -0.3 is 9.57 Å². The van der Waals surface area contributed by atoms with Crippen molar-refractivity contribution >= 4 is 12.1 Å². The van der Waals surface area contributed by atoms with Crippen LogP contribution in [0.4, 0.5) is 4.79 Å². The highest BCUT2D eigenvalue weighted by molar-refractivity contribution is 5.73. The summed E-state index contributed by atoms with van der Waals surface area (Å²) in [5.74, 6) is -0.542. The average Bonchev–Trinajstić information content (AvgIpc) is 2.61. The van der Waals surface area contributed by atoms with E-state index in [1.807, 2.05) is 30.3 Å². The summed E-state index contributed by atoms with van der Waals surface area (Å²) in [6, 6.07) is 8.91. The molecule has 1 aromatic rings.